The predicted octanol–water partition coefficient (Wildman–Crippen LogP) is 4.46. The summed E-state index contributed by atoms with van der Waals surface area (Å²) in [6.45, 7) is 5.64. The van der Waals surface area contributed by atoms with Crippen molar-refractivity contribution in [3.8, 4) is 11.1 Å². The van der Waals surface area contributed by atoms with E-state index in [1.54, 1.807) is 0 Å². The standard InChI is InChI=1S/C18H18O.H2/c1-3-14-5-9-16(10-6-14)17-11-7-15(8-12-17)13-18(19)4-2;/h4-12H,2-3,13H2,1H3;1H. The highest BCUT2D eigenvalue weighted by Gasteiger charge is 2.01. The van der Waals surface area contributed by atoms with Crippen molar-refractivity contribution in [2.75, 3.05) is 0 Å². The number of rotatable bonds is 5. The fourth-order valence-corrected chi connectivity index (χ4v) is 2.02. The van der Waals surface area contributed by atoms with Gasteiger partial charge >= 0.3 is 0 Å². The van der Waals surface area contributed by atoms with E-state index < -0.39 is 0 Å². The van der Waals surface area contributed by atoms with Crippen molar-refractivity contribution in [2.45, 2.75) is 19.8 Å². The molecule has 0 unspecified atom stereocenters. The van der Waals surface area contributed by atoms with Crippen LogP contribution in [-0.4, -0.2) is 5.78 Å². The van der Waals surface area contributed by atoms with Gasteiger partial charge < -0.3 is 0 Å². The van der Waals surface area contributed by atoms with Crippen molar-refractivity contribution >= 4 is 5.78 Å². The van der Waals surface area contributed by atoms with E-state index in [2.05, 4.69) is 49.9 Å². The third-order valence-corrected chi connectivity index (χ3v) is 3.26. The molecule has 2 aromatic carbocycles. The topological polar surface area (TPSA) is 17.1 Å². The van der Waals surface area contributed by atoms with Crippen LogP contribution in [0.2, 0.25) is 0 Å². The van der Waals surface area contributed by atoms with Gasteiger partial charge in [0.2, 0.25) is 0 Å². The van der Waals surface area contributed by atoms with Gasteiger partial charge in [0.25, 0.3) is 0 Å². The monoisotopic (exact) mass is 252 g/mol. The van der Waals surface area contributed by atoms with Gasteiger partial charge in [0.1, 0.15) is 0 Å². The van der Waals surface area contributed by atoms with E-state index in [0.717, 1.165) is 12.0 Å². The molecule has 0 radical (unpaired) electrons. The maximum Gasteiger partial charge on any atom is 0.159 e. The van der Waals surface area contributed by atoms with Crippen molar-refractivity contribution in [2.24, 2.45) is 0 Å². The van der Waals surface area contributed by atoms with E-state index in [9.17, 15) is 4.79 Å². The molecule has 0 spiro atoms. The smallest absolute Gasteiger partial charge is 0.159 e. The molecule has 0 saturated carbocycles. The molecule has 0 amide bonds. The highest BCUT2D eigenvalue weighted by molar-refractivity contribution is 5.90. The molecule has 19 heavy (non-hydrogen) atoms. The summed E-state index contributed by atoms with van der Waals surface area (Å²) in [7, 11) is 0. The van der Waals surface area contributed by atoms with Crippen LogP contribution in [0.15, 0.2) is 61.2 Å². The second-order valence-electron chi connectivity index (χ2n) is 4.59. The van der Waals surface area contributed by atoms with Crippen LogP contribution in [-0.2, 0) is 17.6 Å². The molecule has 1 nitrogen and oxygen atoms in total. The maximum absolute atomic E-state index is 11.3. The molecule has 0 aromatic heterocycles. The number of hydrogen-bond donors (Lipinski definition) is 0. The van der Waals surface area contributed by atoms with Crippen molar-refractivity contribution in [1.82, 2.24) is 0 Å². The Balaban J connectivity index is 0.00000200. The van der Waals surface area contributed by atoms with Crippen LogP contribution in [0.25, 0.3) is 11.1 Å². The number of carbonyl (C=O) groups excluding carboxylic acids is 1. The van der Waals surface area contributed by atoms with Crippen LogP contribution in [0.3, 0.4) is 0 Å². The lowest BCUT2D eigenvalue weighted by Crippen LogP contribution is -1.97. The summed E-state index contributed by atoms with van der Waals surface area (Å²) in [5.41, 5.74) is 4.76. The second kappa shape index (κ2) is 6.14. The first-order valence-corrected chi connectivity index (χ1v) is 6.56. The minimum Gasteiger partial charge on any atom is -0.295 e. The summed E-state index contributed by atoms with van der Waals surface area (Å²) < 4.78 is 0. The fourth-order valence-electron chi connectivity index (χ4n) is 2.02. The molecule has 0 bridgehead atoms. The molecule has 0 aliphatic carbocycles. The maximum atomic E-state index is 11.3. The molecular weight excluding hydrogens is 232 g/mol. The molecule has 0 N–H and O–H groups in total. The van der Waals surface area contributed by atoms with Crippen molar-refractivity contribution < 1.29 is 6.22 Å². The summed E-state index contributed by atoms with van der Waals surface area (Å²) in [6, 6.07) is 16.7. The second-order valence-corrected chi connectivity index (χ2v) is 4.59. The van der Waals surface area contributed by atoms with Crippen LogP contribution in [0.4, 0.5) is 0 Å². The number of benzene rings is 2. The zero-order valence-electron chi connectivity index (χ0n) is 11.2. The van der Waals surface area contributed by atoms with Crippen LogP contribution < -0.4 is 0 Å². The summed E-state index contributed by atoms with van der Waals surface area (Å²) in [5.74, 6) is 0.0556. The van der Waals surface area contributed by atoms with Crippen molar-refractivity contribution in [3.05, 3.63) is 72.3 Å². The van der Waals surface area contributed by atoms with Gasteiger partial charge in [-0.3, -0.25) is 4.79 Å². The number of carbonyl (C=O) groups is 1. The molecule has 98 valence electrons. The van der Waals surface area contributed by atoms with Gasteiger partial charge in [0.15, 0.2) is 5.78 Å². The summed E-state index contributed by atoms with van der Waals surface area (Å²) in [5, 5.41) is 0. The van der Waals surface area contributed by atoms with Crippen LogP contribution in [0.5, 0.6) is 0 Å². The summed E-state index contributed by atoms with van der Waals surface area (Å²) in [4.78, 5) is 11.3. The summed E-state index contributed by atoms with van der Waals surface area (Å²) in [6.07, 6.45) is 2.86. The van der Waals surface area contributed by atoms with E-state index in [1.807, 2.05) is 12.1 Å². The molecule has 0 heterocycles. The number of ketones is 1. The highest BCUT2D eigenvalue weighted by atomic mass is 16.1. The lowest BCUT2D eigenvalue weighted by atomic mass is 10.0. The van der Waals surface area contributed by atoms with Crippen molar-refractivity contribution in [1.29, 1.82) is 0 Å². The van der Waals surface area contributed by atoms with Gasteiger partial charge in [-0.25, -0.2) is 0 Å². The Labute approximate surface area is 116 Å². The Hall–Kier alpha value is -2.15. The number of hydrogen-bond acceptors (Lipinski definition) is 1. The Morgan fingerprint density at radius 2 is 1.47 bits per heavy atom. The fraction of sp³-hybridized carbons (Fsp3) is 0.167. The Kier molecular flexibility index (Phi) is 4.30. The first-order valence-electron chi connectivity index (χ1n) is 6.56. The molecule has 1 heteroatoms. The average Bonchev–Trinajstić information content (AvgIpc) is 2.48. The quantitative estimate of drug-likeness (QED) is 0.718. The minimum atomic E-state index is 0. The third kappa shape index (κ3) is 3.41. The number of aryl methyl sites for hydroxylation is 1. The zero-order chi connectivity index (χ0) is 13.7. The lowest BCUT2D eigenvalue weighted by molar-refractivity contribution is -0.114. The number of allylic oxidation sites excluding steroid dienone is 1. The molecular formula is C18H20O. The van der Waals surface area contributed by atoms with E-state index in [4.69, 9.17) is 0 Å². The third-order valence-electron chi connectivity index (χ3n) is 3.26. The molecule has 0 aliphatic heterocycles. The van der Waals surface area contributed by atoms with E-state index >= 15 is 0 Å². The van der Waals surface area contributed by atoms with E-state index in [1.165, 1.54) is 22.8 Å². The molecule has 0 fully saturated rings. The average molecular weight is 252 g/mol. The van der Waals surface area contributed by atoms with Gasteiger partial charge in [0, 0.05) is 7.85 Å². The molecule has 0 atom stereocenters. The Morgan fingerprint density at radius 3 is 1.89 bits per heavy atom. The summed E-state index contributed by atoms with van der Waals surface area (Å²) >= 11 is 0. The lowest BCUT2D eigenvalue weighted by Gasteiger charge is -2.04. The largest absolute Gasteiger partial charge is 0.295 e. The highest BCUT2D eigenvalue weighted by Crippen LogP contribution is 2.20. The predicted molar refractivity (Wildman–Crippen MR) is 82.3 cm³/mol. The van der Waals surface area contributed by atoms with Gasteiger partial charge in [-0.15, -0.1) is 0 Å². The van der Waals surface area contributed by atoms with Crippen LogP contribution in [0, 0.1) is 0 Å². The van der Waals surface area contributed by atoms with E-state index in [0.29, 0.717) is 6.42 Å². The van der Waals surface area contributed by atoms with Crippen LogP contribution >= 0.6 is 0 Å². The molecule has 2 aromatic rings. The van der Waals surface area contributed by atoms with Gasteiger partial charge in [-0.1, -0.05) is 62.0 Å². The van der Waals surface area contributed by atoms with Gasteiger partial charge in [0.05, 0.1) is 0 Å². The normalized spacial score (nSPS) is 10.2. The first kappa shape index (κ1) is 13.3. The van der Waals surface area contributed by atoms with E-state index in [-0.39, 0.29) is 7.21 Å². The first-order chi connectivity index (χ1) is 9.22. The van der Waals surface area contributed by atoms with Crippen molar-refractivity contribution in [3.63, 3.8) is 0 Å². The molecule has 2 rings (SSSR count). The Bertz CT molecular complexity index is 567. The van der Waals surface area contributed by atoms with Gasteiger partial charge in [-0.2, -0.15) is 0 Å². The zero-order valence-corrected chi connectivity index (χ0v) is 11.2. The minimum absolute atomic E-state index is 0. The Morgan fingerprint density at radius 1 is 1.00 bits per heavy atom. The van der Waals surface area contributed by atoms with Crippen LogP contribution in [0.1, 0.15) is 19.5 Å². The molecule has 0 saturated heterocycles. The SMILES string of the molecule is C=CC(=O)Cc1ccc(-c2ccc(CC)cc2)cc1.[HH]. The molecule has 0 aliphatic rings. The van der Waals surface area contributed by atoms with Gasteiger partial charge in [-0.05, 0) is 34.8 Å².